The van der Waals surface area contributed by atoms with E-state index >= 15 is 0 Å². The van der Waals surface area contributed by atoms with Crippen LogP contribution in [0.15, 0.2) is 70.1 Å². The summed E-state index contributed by atoms with van der Waals surface area (Å²) in [5.74, 6) is -3.35. The molecule has 26 nitrogen and oxygen atoms in total. The van der Waals surface area contributed by atoms with Gasteiger partial charge in [0.15, 0.2) is 12.3 Å². The topological polar surface area (TPSA) is 363 Å². The molecule has 1 fully saturated rings. The van der Waals surface area contributed by atoms with Crippen LogP contribution < -0.4 is 4.90 Å². The Morgan fingerprint density at radius 2 is 1.10 bits per heavy atom. The standard InChI is InChI=1S/C49H69N3O23S4/c1-48(16-5-33-76(56,57)58)39-35-37(78(62,63)64)9-11-41(39)50(18-21-68-3)43(48)7-4-8-44-49(2,17-6-34-77(59,60)61)40-36-38(79(65,66)67)10-12-42(40)51(44)19-22-70-24-26-72-28-30-74-32-31-73-29-27-71-25-23-69-20-15-47(55)75-52-45(53)13-14-46(52)54/h4,7-12,35-36H,5-6,13-34H2,1-3H3,(H3-,56,57,58,59,60,61,62,63,64,65,66,67)/p-3. The molecule has 0 bridgehead atoms. The Balaban J connectivity index is 1.20. The highest BCUT2D eigenvalue weighted by molar-refractivity contribution is 7.86. The number of anilines is 1. The van der Waals surface area contributed by atoms with E-state index in [4.69, 9.17) is 38.0 Å². The summed E-state index contributed by atoms with van der Waals surface area (Å²) >= 11 is 0. The number of allylic oxidation sites excluding steroid dienone is 4. The third-order valence-corrected chi connectivity index (χ3v) is 16.4. The summed E-state index contributed by atoms with van der Waals surface area (Å²) in [5, 5.41) is 0.479. The van der Waals surface area contributed by atoms with Crippen LogP contribution in [0.25, 0.3) is 0 Å². The van der Waals surface area contributed by atoms with Gasteiger partial charge in [0.05, 0.1) is 121 Å². The van der Waals surface area contributed by atoms with Crippen LogP contribution in [0.5, 0.6) is 0 Å². The molecule has 3 aliphatic rings. The predicted octanol–water partition coefficient (Wildman–Crippen LogP) is 1.46. The summed E-state index contributed by atoms with van der Waals surface area (Å²) < 4.78 is 185. The van der Waals surface area contributed by atoms with Crippen LogP contribution in [0.4, 0.5) is 11.4 Å². The molecule has 79 heavy (non-hydrogen) atoms. The van der Waals surface area contributed by atoms with E-state index in [0.29, 0.717) is 52.2 Å². The molecule has 5 rings (SSSR count). The second-order valence-corrected chi connectivity index (χ2v) is 24.5. The highest BCUT2D eigenvalue weighted by Gasteiger charge is 2.48. The minimum Gasteiger partial charge on any atom is -0.748 e. The van der Waals surface area contributed by atoms with E-state index in [2.05, 4.69) is 0 Å². The molecule has 442 valence electrons. The van der Waals surface area contributed by atoms with E-state index in [9.17, 15) is 66.3 Å². The average Bonchev–Trinajstić information content (AvgIpc) is 4.11. The molecular weight excluding hydrogens is 1130 g/mol. The number of hydroxylamine groups is 2. The van der Waals surface area contributed by atoms with Crippen molar-refractivity contribution in [2.75, 3.05) is 122 Å². The third-order valence-electron chi connectivity index (χ3n) is 13.1. The van der Waals surface area contributed by atoms with E-state index in [-0.39, 0.29) is 131 Å². The van der Waals surface area contributed by atoms with Crippen molar-refractivity contribution in [2.45, 2.75) is 79.4 Å². The number of carbonyl (C=O) groups is 3. The molecule has 2 aromatic rings. The highest BCUT2D eigenvalue weighted by atomic mass is 32.2. The van der Waals surface area contributed by atoms with Gasteiger partial charge in [-0.15, -0.1) is 5.06 Å². The van der Waals surface area contributed by atoms with Crippen LogP contribution in [0.3, 0.4) is 0 Å². The number of benzene rings is 2. The van der Waals surface area contributed by atoms with Crippen molar-refractivity contribution in [1.29, 1.82) is 0 Å². The van der Waals surface area contributed by atoms with Crippen LogP contribution >= 0.6 is 0 Å². The summed E-state index contributed by atoms with van der Waals surface area (Å²) in [4.78, 5) is 40.3. The number of methoxy groups -OCH3 is 1. The molecule has 2 unspecified atom stereocenters. The van der Waals surface area contributed by atoms with Crippen LogP contribution in [0, 0.1) is 0 Å². The monoisotopic (exact) mass is 1190 g/mol. The number of rotatable bonds is 37. The largest absolute Gasteiger partial charge is 0.748 e. The Kier molecular flexibility index (Phi) is 24.2. The number of hydrogen-bond acceptors (Lipinski definition) is 24. The molecule has 2 atom stereocenters. The lowest BCUT2D eigenvalue weighted by Gasteiger charge is -2.30. The molecule has 30 heteroatoms. The molecule has 0 radical (unpaired) electrons. The van der Waals surface area contributed by atoms with Crippen LogP contribution in [-0.2, 0) is 104 Å². The first kappa shape index (κ1) is 65.2. The molecule has 2 amide bonds. The minimum atomic E-state index is -4.98. The normalized spacial score (nSPS) is 19.4. The summed E-state index contributed by atoms with van der Waals surface area (Å²) in [6, 6.07) is 7.66. The van der Waals surface area contributed by atoms with Crippen molar-refractivity contribution in [2.24, 2.45) is 0 Å². The number of nitrogens with zero attached hydrogens (tertiary/aromatic N) is 3. The lowest BCUT2D eigenvalue weighted by Crippen LogP contribution is -2.33. The maximum Gasteiger partial charge on any atom is 0.335 e. The van der Waals surface area contributed by atoms with Gasteiger partial charge in [0, 0.05) is 72.5 Å². The second kappa shape index (κ2) is 29.4. The van der Waals surface area contributed by atoms with Gasteiger partial charge in [-0.1, -0.05) is 6.08 Å². The van der Waals surface area contributed by atoms with Gasteiger partial charge in [-0.25, -0.2) is 38.5 Å². The molecule has 2 aromatic carbocycles. The zero-order valence-corrected chi connectivity index (χ0v) is 47.3. The number of ether oxygens (including phenoxy) is 7. The summed E-state index contributed by atoms with van der Waals surface area (Å²) in [7, 11) is -17.8. The van der Waals surface area contributed by atoms with Gasteiger partial charge in [0.25, 0.3) is 11.8 Å². The van der Waals surface area contributed by atoms with E-state index in [1.807, 2.05) is 9.48 Å². The first-order valence-corrected chi connectivity index (χ1v) is 31.1. The molecular formula is C49H66N3O23S4-3. The predicted molar refractivity (Wildman–Crippen MR) is 274 cm³/mol. The SMILES string of the molecule is COCCN1C(=CC=CC2=[N+](CCOCCOCCOCCOCCOCCOCCC(=O)ON3C(=O)CCC3=O)c3ccc(S(=O)(=O)[O-])cc3C2(C)CCCS(=O)(=O)[O-])C(C)(CCCS(=O)(=O)[O-])c2cc(S(=O)(=O)[O-])ccc21. The molecule has 3 aliphatic heterocycles. The van der Waals surface area contributed by atoms with Crippen molar-refractivity contribution in [3.8, 4) is 0 Å². The fourth-order valence-electron chi connectivity index (χ4n) is 9.32. The Labute approximate surface area is 460 Å². The van der Waals surface area contributed by atoms with Crippen molar-refractivity contribution in [3.63, 3.8) is 0 Å². The summed E-state index contributed by atoms with van der Waals surface area (Å²) in [5.41, 5.74) is 0.244. The smallest absolute Gasteiger partial charge is 0.335 e. The van der Waals surface area contributed by atoms with Crippen molar-refractivity contribution in [3.05, 3.63) is 71.5 Å². The highest BCUT2D eigenvalue weighted by Crippen LogP contribution is 2.51. The Morgan fingerprint density at radius 3 is 1.59 bits per heavy atom. The maximum atomic E-state index is 12.3. The summed E-state index contributed by atoms with van der Waals surface area (Å²) in [6.45, 7) is 6.45. The van der Waals surface area contributed by atoms with E-state index < -0.39 is 90.4 Å². The molecule has 0 saturated carbocycles. The number of imide groups is 1. The minimum absolute atomic E-state index is 0.00788. The van der Waals surface area contributed by atoms with Gasteiger partial charge >= 0.3 is 5.97 Å². The first-order valence-electron chi connectivity index (χ1n) is 25.1. The third kappa shape index (κ3) is 19.2. The molecule has 1 saturated heterocycles. The zero-order chi connectivity index (χ0) is 58.1. The second-order valence-electron chi connectivity index (χ2n) is 18.7. The van der Waals surface area contributed by atoms with Gasteiger partial charge in [-0.3, -0.25) is 9.59 Å². The zero-order valence-electron chi connectivity index (χ0n) is 44.0. The fraction of sp³-hybridized carbons (Fsp3) is 0.592. The molecule has 0 spiro atoms. The number of fused-ring (bicyclic) bond motifs is 2. The van der Waals surface area contributed by atoms with Gasteiger partial charge in [0.2, 0.25) is 5.69 Å². The lowest BCUT2D eigenvalue weighted by molar-refractivity contribution is -0.442. The van der Waals surface area contributed by atoms with Crippen LogP contribution in [-0.4, -0.2) is 203 Å². The van der Waals surface area contributed by atoms with Crippen molar-refractivity contribution in [1.82, 2.24) is 5.06 Å². The molecule has 0 aromatic heterocycles. The fourth-order valence-corrected chi connectivity index (χ4v) is 11.3. The first-order chi connectivity index (χ1) is 37.2. The quantitative estimate of drug-likeness (QED) is 0.0400. The molecule has 0 N–H and O–H groups in total. The Morgan fingerprint density at radius 1 is 0.633 bits per heavy atom. The Hall–Kier alpha value is -4.64. The van der Waals surface area contributed by atoms with E-state index in [1.165, 1.54) is 31.4 Å². The molecule has 0 aliphatic carbocycles. The van der Waals surface area contributed by atoms with E-state index in [0.717, 1.165) is 12.1 Å². The van der Waals surface area contributed by atoms with Crippen LogP contribution in [0.2, 0.25) is 0 Å². The number of carbonyl (C=O) groups excluding carboxylic acids is 3. The van der Waals surface area contributed by atoms with Gasteiger partial charge in [-0.2, -0.15) is 4.58 Å². The lowest BCUT2D eigenvalue weighted by atomic mass is 9.75. The van der Waals surface area contributed by atoms with Crippen molar-refractivity contribution >= 4 is 75.3 Å². The van der Waals surface area contributed by atoms with Gasteiger partial charge in [-0.05, 0) is 81.5 Å². The van der Waals surface area contributed by atoms with Gasteiger partial charge < -0.3 is 61.1 Å². The number of amides is 2. The van der Waals surface area contributed by atoms with Crippen molar-refractivity contribution < 1.29 is 109 Å². The molecule has 3 heterocycles. The average molecular weight is 1190 g/mol. The summed E-state index contributed by atoms with van der Waals surface area (Å²) in [6.07, 6.45) is 4.57. The number of hydrogen-bond donors (Lipinski definition) is 0. The van der Waals surface area contributed by atoms with E-state index in [1.54, 1.807) is 32.1 Å². The van der Waals surface area contributed by atoms with Crippen LogP contribution in [0.1, 0.15) is 69.9 Å². The maximum absolute atomic E-state index is 12.3. The van der Waals surface area contributed by atoms with Gasteiger partial charge in [0.1, 0.15) is 26.8 Å². The Bertz CT molecular complexity index is 3010.